The van der Waals surface area contributed by atoms with Crippen LogP contribution in [0, 0.1) is 0 Å². The van der Waals surface area contributed by atoms with Crippen LogP contribution >= 0.6 is 0 Å². The van der Waals surface area contributed by atoms with Crippen molar-refractivity contribution in [1.29, 1.82) is 0 Å². The van der Waals surface area contributed by atoms with Crippen molar-refractivity contribution in [2.45, 2.75) is 26.4 Å². The van der Waals surface area contributed by atoms with E-state index >= 15 is 0 Å². The molecule has 0 radical (unpaired) electrons. The summed E-state index contributed by atoms with van der Waals surface area (Å²) in [5.41, 5.74) is 2.28. The third-order valence-electron chi connectivity index (χ3n) is 2.81. The zero-order valence-electron chi connectivity index (χ0n) is 10.9. The molecule has 1 N–H and O–H groups in total. The number of nitrogens with zero attached hydrogens (tertiary/aromatic N) is 2. The molecule has 4 heteroatoms. The molecular weight excluding hydrogens is 226 g/mol. The highest BCUT2D eigenvalue weighted by Crippen LogP contribution is 2.12. The molecule has 0 saturated carbocycles. The summed E-state index contributed by atoms with van der Waals surface area (Å²) in [6.45, 7) is 4.05. The topological polar surface area (TPSA) is 39.1 Å². The minimum atomic E-state index is 0.634. The van der Waals surface area contributed by atoms with Crippen LogP contribution < -0.4 is 10.1 Å². The predicted octanol–water partition coefficient (Wildman–Crippen LogP) is 2.91. The standard InChI is InChI=1S/C14H19N3O/c1-3-8-17-9-4-5-13(17)11-15-12-6-7-14(18-2)16-10-12/h4-7,9-10,15H,3,8,11H2,1-2H3. The first kappa shape index (κ1) is 12.5. The molecule has 0 aromatic carbocycles. The van der Waals surface area contributed by atoms with Gasteiger partial charge in [0, 0.05) is 24.5 Å². The largest absolute Gasteiger partial charge is 0.481 e. The number of methoxy groups -OCH3 is 1. The van der Waals surface area contributed by atoms with E-state index in [1.54, 1.807) is 13.3 Å². The number of aryl methyl sites for hydroxylation is 1. The molecule has 0 atom stereocenters. The Morgan fingerprint density at radius 1 is 1.33 bits per heavy atom. The van der Waals surface area contributed by atoms with E-state index in [9.17, 15) is 0 Å². The number of nitrogens with one attached hydrogen (secondary N) is 1. The van der Waals surface area contributed by atoms with Crippen LogP contribution in [-0.4, -0.2) is 16.7 Å². The first-order valence-electron chi connectivity index (χ1n) is 6.21. The summed E-state index contributed by atoms with van der Waals surface area (Å²) in [7, 11) is 1.62. The van der Waals surface area contributed by atoms with E-state index in [0.717, 1.165) is 25.2 Å². The molecule has 18 heavy (non-hydrogen) atoms. The van der Waals surface area contributed by atoms with Gasteiger partial charge in [-0.2, -0.15) is 0 Å². The number of hydrogen-bond acceptors (Lipinski definition) is 3. The van der Waals surface area contributed by atoms with Gasteiger partial charge in [0.1, 0.15) is 0 Å². The summed E-state index contributed by atoms with van der Waals surface area (Å²) < 4.78 is 7.30. The van der Waals surface area contributed by atoms with Gasteiger partial charge in [-0.25, -0.2) is 4.98 Å². The number of anilines is 1. The van der Waals surface area contributed by atoms with Crippen molar-refractivity contribution in [3.63, 3.8) is 0 Å². The lowest BCUT2D eigenvalue weighted by atomic mass is 10.3. The molecule has 0 amide bonds. The lowest BCUT2D eigenvalue weighted by Gasteiger charge is -2.10. The molecule has 0 unspecified atom stereocenters. The van der Waals surface area contributed by atoms with Crippen LogP contribution in [0.25, 0.3) is 0 Å². The Morgan fingerprint density at radius 3 is 2.89 bits per heavy atom. The molecule has 0 aliphatic rings. The number of rotatable bonds is 6. The Hall–Kier alpha value is -1.97. The highest BCUT2D eigenvalue weighted by molar-refractivity contribution is 5.42. The number of ether oxygens (including phenoxy) is 1. The molecule has 2 aromatic heterocycles. The van der Waals surface area contributed by atoms with Crippen molar-refractivity contribution in [3.8, 4) is 5.88 Å². The van der Waals surface area contributed by atoms with Crippen LogP contribution in [0.15, 0.2) is 36.7 Å². The predicted molar refractivity (Wildman–Crippen MR) is 72.8 cm³/mol. The average molecular weight is 245 g/mol. The first-order chi connectivity index (χ1) is 8.83. The molecule has 96 valence electrons. The fraction of sp³-hybridized carbons (Fsp3) is 0.357. The summed E-state index contributed by atoms with van der Waals surface area (Å²) in [6.07, 6.45) is 5.05. The van der Waals surface area contributed by atoms with Gasteiger partial charge >= 0.3 is 0 Å². The molecule has 0 spiro atoms. The van der Waals surface area contributed by atoms with Gasteiger partial charge in [-0.3, -0.25) is 0 Å². The summed E-state index contributed by atoms with van der Waals surface area (Å²) in [6, 6.07) is 8.05. The van der Waals surface area contributed by atoms with E-state index in [-0.39, 0.29) is 0 Å². The normalized spacial score (nSPS) is 10.3. The Morgan fingerprint density at radius 2 is 2.22 bits per heavy atom. The van der Waals surface area contributed by atoms with Crippen molar-refractivity contribution in [1.82, 2.24) is 9.55 Å². The van der Waals surface area contributed by atoms with Crippen LogP contribution in [-0.2, 0) is 13.1 Å². The molecule has 2 rings (SSSR count). The van der Waals surface area contributed by atoms with Crippen LogP contribution in [0.4, 0.5) is 5.69 Å². The molecule has 4 nitrogen and oxygen atoms in total. The number of aromatic nitrogens is 2. The van der Waals surface area contributed by atoms with Gasteiger partial charge in [-0.1, -0.05) is 6.92 Å². The molecular formula is C14H19N3O. The molecule has 0 saturated heterocycles. The van der Waals surface area contributed by atoms with Crippen molar-refractivity contribution < 1.29 is 4.74 Å². The molecule has 2 aromatic rings. The minimum absolute atomic E-state index is 0.634. The fourth-order valence-electron chi connectivity index (χ4n) is 1.87. The van der Waals surface area contributed by atoms with Gasteiger partial charge in [-0.05, 0) is 24.6 Å². The van der Waals surface area contributed by atoms with E-state index in [1.807, 2.05) is 12.1 Å². The molecule has 0 fully saturated rings. The fourth-order valence-corrected chi connectivity index (χ4v) is 1.87. The van der Waals surface area contributed by atoms with Gasteiger partial charge in [-0.15, -0.1) is 0 Å². The van der Waals surface area contributed by atoms with Gasteiger partial charge in [0.2, 0.25) is 5.88 Å². The van der Waals surface area contributed by atoms with Crippen molar-refractivity contribution in [3.05, 3.63) is 42.4 Å². The third kappa shape index (κ3) is 3.03. The Balaban J connectivity index is 1.95. The Kier molecular flexibility index (Phi) is 4.23. The van der Waals surface area contributed by atoms with Crippen LogP contribution in [0.3, 0.4) is 0 Å². The lowest BCUT2D eigenvalue weighted by molar-refractivity contribution is 0.398. The van der Waals surface area contributed by atoms with E-state index < -0.39 is 0 Å². The molecule has 0 bridgehead atoms. The van der Waals surface area contributed by atoms with Crippen molar-refractivity contribution in [2.75, 3.05) is 12.4 Å². The SMILES string of the molecule is CCCn1cccc1CNc1ccc(OC)nc1. The zero-order chi connectivity index (χ0) is 12.8. The second-order valence-corrected chi connectivity index (χ2v) is 4.14. The molecule has 0 aliphatic heterocycles. The quantitative estimate of drug-likeness (QED) is 0.850. The smallest absolute Gasteiger partial charge is 0.213 e. The highest BCUT2D eigenvalue weighted by atomic mass is 16.5. The van der Waals surface area contributed by atoms with Crippen LogP contribution in [0.1, 0.15) is 19.0 Å². The third-order valence-corrected chi connectivity index (χ3v) is 2.81. The zero-order valence-corrected chi connectivity index (χ0v) is 10.9. The van der Waals surface area contributed by atoms with Gasteiger partial charge in [0.15, 0.2) is 0 Å². The summed E-state index contributed by atoms with van der Waals surface area (Å²) in [5.74, 6) is 0.634. The maximum atomic E-state index is 5.03. The summed E-state index contributed by atoms with van der Waals surface area (Å²) >= 11 is 0. The highest BCUT2D eigenvalue weighted by Gasteiger charge is 2.00. The average Bonchev–Trinajstić information content (AvgIpc) is 2.85. The Labute approximate surface area is 108 Å². The van der Waals surface area contributed by atoms with Crippen LogP contribution in [0.5, 0.6) is 5.88 Å². The van der Waals surface area contributed by atoms with Crippen LogP contribution in [0.2, 0.25) is 0 Å². The molecule has 2 heterocycles. The van der Waals surface area contributed by atoms with E-state index in [2.05, 4.69) is 40.1 Å². The number of hydrogen-bond donors (Lipinski definition) is 1. The number of pyridine rings is 1. The molecule has 0 aliphatic carbocycles. The van der Waals surface area contributed by atoms with E-state index in [1.165, 1.54) is 5.69 Å². The van der Waals surface area contributed by atoms with E-state index in [0.29, 0.717) is 5.88 Å². The summed E-state index contributed by atoms with van der Waals surface area (Å²) in [4.78, 5) is 4.16. The van der Waals surface area contributed by atoms with Crippen molar-refractivity contribution in [2.24, 2.45) is 0 Å². The second kappa shape index (κ2) is 6.10. The van der Waals surface area contributed by atoms with Crippen molar-refractivity contribution >= 4 is 5.69 Å². The Bertz CT molecular complexity index is 476. The second-order valence-electron chi connectivity index (χ2n) is 4.14. The maximum Gasteiger partial charge on any atom is 0.213 e. The van der Waals surface area contributed by atoms with Gasteiger partial charge in [0.25, 0.3) is 0 Å². The van der Waals surface area contributed by atoms with Gasteiger partial charge in [0.05, 0.1) is 25.5 Å². The van der Waals surface area contributed by atoms with Gasteiger partial charge < -0.3 is 14.6 Å². The lowest BCUT2D eigenvalue weighted by Crippen LogP contribution is -2.07. The summed E-state index contributed by atoms with van der Waals surface area (Å²) in [5, 5.41) is 3.36. The van der Waals surface area contributed by atoms with E-state index in [4.69, 9.17) is 4.74 Å². The maximum absolute atomic E-state index is 5.03. The first-order valence-corrected chi connectivity index (χ1v) is 6.21. The minimum Gasteiger partial charge on any atom is -0.481 e. The monoisotopic (exact) mass is 245 g/mol.